The minimum absolute atomic E-state index is 0.0648. The summed E-state index contributed by atoms with van der Waals surface area (Å²) in [7, 11) is -3.18. The fourth-order valence-corrected chi connectivity index (χ4v) is 5.06. The molecule has 1 aromatic carbocycles. The van der Waals surface area contributed by atoms with Gasteiger partial charge in [0.05, 0.1) is 34.2 Å². The average Bonchev–Trinajstić information content (AvgIpc) is 3.50. The van der Waals surface area contributed by atoms with Crippen molar-refractivity contribution in [2.45, 2.75) is 13.3 Å². The Morgan fingerprint density at radius 2 is 1.76 bits per heavy atom. The second-order valence-corrected chi connectivity index (χ2v) is 11.5. The number of fused-ring (bicyclic) bond motifs is 2. The molecule has 6 rings (SSSR count). The van der Waals surface area contributed by atoms with Gasteiger partial charge in [-0.3, -0.25) is 15.1 Å². The van der Waals surface area contributed by atoms with E-state index in [1.165, 1.54) is 12.1 Å². The highest BCUT2D eigenvalue weighted by molar-refractivity contribution is 7.90. The molecule has 0 aliphatic carbocycles. The maximum Gasteiger partial charge on any atom is 0.161 e. The molecule has 190 valence electrons. The quantitative estimate of drug-likeness (QED) is 0.322. The molecule has 0 saturated carbocycles. The Bertz CT molecular complexity index is 1950. The Morgan fingerprint density at radius 3 is 2.58 bits per heavy atom. The number of nitrogens with one attached hydrogen (secondary N) is 2. The van der Waals surface area contributed by atoms with Gasteiger partial charge in [0, 0.05) is 36.0 Å². The third-order valence-corrected chi connectivity index (χ3v) is 7.32. The van der Waals surface area contributed by atoms with Crippen molar-refractivity contribution in [3.05, 3.63) is 78.1 Å². The predicted molar refractivity (Wildman–Crippen MR) is 144 cm³/mol. The minimum atomic E-state index is -3.18. The van der Waals surface area contributed by atoms with Crippen molar-refractivity contribution < 1.29 is 12.8 Å². The smallest absolute Gasteiger partial charge is 0.161 e. The van der Waals surface area contributed by atoms with Crippen LogP contribution in [0.2, 0.25) is 0 Å². The summed E-state index contributed by atoms with van der Waals surface area (Å²) in [5.74, 6) is -0.0359. The van der Waals surface area contributed by atoms with Crippen LogP contribution in [0.4, 0.5) is 4.39 Å². The number of aromatic nitrogens is 7. The van der Waals surface area contributed by atoms with Crippen LogP contribution < -0.4 is 0 Å². The van der Waals surface area contributed by atoms with Gasteiger partial charge in [0.25, 0.3) is 0 Å². The van der Waals surface area contributed by atoms with Crippen molar-refractivity contribution in [1.82, 2.24) is 35.1 Å². The van der Waals surface area contributed by atoms with E-state index < -0.39 is 15.7 Å². The maximum atomic E-state index is 14.5. The molecule has 0 fully saturated rings. The van der Waals surface area contributed by atoms with Crippen molar-refractivity contribution in [2.24, 2.45) is 0 Å². The lowest BCUT2D eigenvalue weighted by atomic mass is 10.0. The number of rotatable bonds is 6. The normalized spacial score (nSPS) is 12.0. The van der Waals surface area contributed by atoms with Crippen molar-refractivity contribution in [3.8, 4) is 33.9 Å². The highest BCUT2D eigenvalue weighted by Crippen LogP contribution is 2.32. The van der Waals surface area contributed by atoms with Crippen molar-refractivity contribution in [1.29, 1.82) is 0 Å². The molecular weight excluding hydrogens is 505 g/mol. The van der Waals surface area contributed by atoms with Gasteiger partial charge in [0.1, 0.15) is 21.2 Å². The third kappa shape index (κ3) is 4.52. The number of benzene rings is 1. The number of nitrogens with zero attached hydrogens (tertiary/aromatic N) is 5. The number of H-pyrrole nitrogens is 2. The van der Waals surface area contributed by atoms with Crippen LogP contribution in [0.15, 0.2) is 61.2 Å². The lowest BCUT2D eigenvalue weighted by molar-refractivity contribution is 0.600. The lowest BCUT2D eigenvalue weighted by Crippen LogP contribution is -2.06. The van der Waals surface area contributed by atoms with Crippen molar-refractivity contribution >= 4 is 31.9 Å². The zero-order chi connectivity index (χ0) is 26.4. The number of hydrogen-bond acceptors (Lipinski definition) is 7. The Hall–Kier alpha value is -4.51. The van der Waals surface area contributed by atoms with E-state index in [-0.39, 0.29) is 12.2 Å². The molecule has 0 saturated heterocycles. The van der Waals surface area contributed by atoms with Gasteiger partial charge in [-0.25, -0.2) is 22.8 Å². The largest absolute Gasteiger partial charge is 0.335 e. The second kappa shape index (κ2) is 9.10. The van der Waals surface area contributed by atoms with E-state index in [0.29, 0.717) is 44.8 Å². The first-order valence-corrected chi connectivity index (χ1v) is 13.9. The minimum Gasteiger partial charge on any atom is -0.335 e. The van der Waals surface area contributed by atoms with E-state index in [9.17, 15) is 12.8 Å². The topological polar surface area (TPSA) is 130 Å². The molecule has 5 aromatic heterocycles. The number of sulfone groups is 1. The molecule has 0 aliphatic heterocycles. The van der Waals surface area contributed by atoms with Crippen LogP contribution in [0.3, 0.4) is 0 Å². The molecule has 0 aliphatic rings. The summed E-state index contributed by atoms with van der Waals surface area (Å²) in [6, 6.07) is 10.3. The van der Waals surface area contributed by atoms with Crippen LogP contribution in [-0.2, 0) is 16.3 Å². The van der Waals surface area contributed by atoms with Crippen molar-refractivity contribution in [3.63, 3.8) is 0 Å². The van der Waals surface area contributed by atoms with Crippen LogP contribution in [0.1, 0.15) is 11.1 Å². The molecule has 0 unspecified atom stereocenters. The first-order chi connectivity index (χ1) is 18.2. The molecule has 2 N–H and O–H groups in total. The van der Waals surface area contributed by atoms with Gasteiger partial charge in [-0.15, -0.1) is 0 Å². The third-order valence-electron chi connectivity index (χ3n) is 6.37. The highest BCUT2D eigenvalue weighted by Gasteiger charge is 2.18. The zero-order valence-electron chi connectivity index (χ0n) is 20.5. The summed E-state index contributed by atoms with van der Waals surface area (Å²) in [6.07, 6.45) is 8.16. The predicted octanol–water partition coefficient (Wildman–Crippen LogP) is 4.66. The van der Waals surface area contributed by atoms with Crippen LogP contribution in [0.25, 0.3) is 56.0 Å². The molecule has 9 nitrogen and oxygen atoms in total. The number of hydrogen-bond donors (Lipinski definition) is 2. The summed E-state index contributed by atoms with van der Waals surface area (Å²) < 4.78 is 37.7. The molecule has 6 aromatic rings. The van der Waals surface area contributed by atoms with Gasteiger partial charge in [0.2, 0.25) is 0 Å². The summed E-state index contributed by atoms with van der Waals surface area (Å²) in [5.41, 5.74) is 7.69. The summed E-state index contributed by atoms with van der Waals surface area (Å²) in [6.45, 7) is 2.01. The standard InChI is InChI=1S/C27H22FN7O2S/c1-15-5-7-29-12-19(15)21-3-4-22-25(31-21)26(35-34-22)27-32-23-14-30-13-20(24(23)33-27)17-9-16(10-18(28)11-17)6-8-38(2,36)37/h3-5,7,9-14H,6,8H2,1-2H3,(H,32,33)(H,34,35). The first-order valence-electron chi connectivity index (χ1n) is 11.8. The summed E-state index contributed by atoms with van der Waals surface area (Å²) in [5, 5.41) is 7.47. The van der Waals surface area contributed by atoms with Crippen LogP contribution >= 0.6 is 0 Å². The monoisotopic (exact) mass is 527 g/mol. The molecule has 0 atom stereocenters. The van der Waals surface area contributed by atoms with E-state index in [1.54, 1.807) is 30.9 Å². The van der Waals surface area contributed by atoms with E-state index in [0.717, 1.165) is 28.6 Å². The van der Waals surface area contributed by atoms with Gasteiger partial charge in [0.15, 0.2) is 11.5 Å². The Morgan fingerprint density at radius 1 is 0.921 bits per heavy atom. The molecule has 11 heteroatoms. The molecule has 0 amide bonds. The van der Waals surface area contributed by atoms with Gasteiger partial charge in [-0.2, -0.15) is 5.10 Å². The lowest BCUT2D eigenvalue weighted by Gasteiger charge is -2.07. The Labute approximate surface area is 217 Å². The molecule has 5 heterocycles. The number of aryl methyl sites for hydroxylation is 2. The first kappa shape index (κ1) is 23.9. The van der Waals surface area contributed by atoms with Gasteiger partial charge in [-0.05, 0) is 60.4 Å². The highest BCUT2D eigenvalue weighted by atomic mass is 32.2. The summed E-state index contributed by atoms with van der Waals surface area (Å²) in [4.78, 5) is 21.5. The summed E-state index contributed by atoms with van der Waals surface area (Å²) >= 11 is 0. The average molecular weight is 528 g/mol. The zero-order valence-corrected chi connectivity index (χ0v) is 21.3. The SMILES string of the molecule is Cc1ccncc1-c1ccc2[nH]nc(-c3nc4c(-c5cc(F)cc(CCS(C)(=O)=O)c5)cncc4[nH]3)c2n1. The molecular formula is C27H22FN7O2S. The molecule has 0 bridgehead atoms. The van der Waals surface area contributed by atoms with Gasteiger partial charge >= 0.3 is 0 Å². The van der Waals surface area contributed by atoms with E-state index in [2.05, 4.69) is 25.1 Å². The van der Waals surface area contributed by atoms with E-state index in [1.807, 2.05) is 25.1 Å². The second-order valence-electron chi connectivity index (χ2n) is 9.25. The fourth-order valence-electron chi connectivity index (χ4n) is 4.46. The molecule has 0 spiro atoms. The fraction of sp³-hybridized carbons (Fsp3) is 0.148. The van der Waals surface area contributed by atoms with Gasteiger partial charge < -0.3 is 4.98 Å². The number of halogens is 1. The van der Waals surface area contributed by atoms with E-state index >= 15 is 0 Å². The number of aromatic amines is 2. The van der Waals surface area contributed by atoms with Crippen LogP contribution in [0, 0.1) is 12.7 Å². The number of pyridine rings is 3. The molecule has 38 heavy (non-hydrogen) atoms. The van der Waals surface area contributed by atoms with Crippen LogP contribution in [0.5, 0.6) is 0 Å². The van der Waals surface area contributed by atoms with Crippen molar-refractivity contribution in [2.75, 3.05) is 12.0 Å². The Balaban J connectivity index is 1.44. The van der Waals surface area contributed by atoms with Gasteiger partial charge in [-0.1, -0.05) is 6.07 Å². The Kier molecular flexibility index (Phi) is 5.72. The molecule has 0 radical (unpaired) electrons. The maximum absolute atomic E-state index is 14.5. The number of imidazole rings is 1. The van der Waals surface area contributed by atoms with E-state index in [4.69, 9.17) is 9.97 Å². The van der Waals surface area contributed by atoms with Crippen LogP contribution in [-0.4, -0.2) is 55.5 Å².